The first-order valence-corrected chi connectivity index (χ1v) is 6.57. The first-order chi connectivity index (χ1) is 6.41. The normalized spacial score (nSPS) is 13.6. The maximum Gasteiger partial charge on any atom is 0.259 e. The topological polar surface area (TPSA) is 83.5 Å². The van der Waals surface area contributed by atoms with Gasteiger partial charge in [-0.1, -0.05) is 12.1 Å². The van der Waals surface area contributed by atoms with Crippen LogP contribution < -0.4 is 4.72 Å². The van der Waals surface area contributed by atoms with E-state index in [-0.39, 0.29) is 10.6 Å². The molecule has 1 atom stereocenters. The largest absolute Gasteiger partial charge is 0.289 e. The van der Waals surface area contributed by atoms with Gasteiger partial charge in [0.25, 0.3) is 11.3 Å². The lowest BCUT2D eigenvalue weighted by atomic mass is 10.3. The zero-order valence-corrected chi connectivity index (χ0v) is 8.93. The number of para-hydroxylation sites is 1. The summed E-state index contributed by atoms with van der Waals surface area (Å²) in [5.74, 6) is 0. The standard InChI is InChI=1S/C7H9NO4S2/c1-14(11,12)7-5-3-2-4-6(7)8-13(9)10/h2-5,8H,1H3,(H,9,10). The van der Waals surface area contributed by atoms with E-state index in [0.29, 0.717) is 0 Å². The summed E-state index contributed by atoms with van der Waals surface area (Å²) in [6, 6.07) is 5.90. The molecule has 0 saturated heterocycles. The summed E-state index contributed by atoms with van der Waals surface area (Å²) in [6.07, 6.45) is 1.04. The zero-order valence-electron chi connectivity index (χ0n) is 7.30. The molecule has 0 radical (unpaired) electrons. The molecule has 1 aromatic carbocycles. The van der Waals surface area contributed by atoms with E-state index in [1.54, 1.807) is 12.1 Å². The van der Waals surface area contributed by atoms with Gasteiger partial charge < -0.3 is 0 Å². The van der Waals surface area contributed by atoms with Gasteiger partial charge in [-0.3, -0.25) is 9.27 Å². The number of rotatable bonds is 3. The second-order valence-electron chi connectivity index (χ2n) is 2.62. The third-order valence-corrected chi connectivity index (χ3v) is 3.03. The number of nitrogens with one attached hydrogen (secondary N) is 1. The molecule has 0 aliphatic rings. The molecule has 14 heavy (non-hydrogen) atoms. The number of sulfone groups is 1. The summed E-state index contributed by atoms with van der Waals surface area (Å²) < 4.78 is 43.6. The smallest absolute Gasteiger partial charge is 0.259 e. The molecule has 0 spiro atoms. The highest BCUT2D eigenvalue weighted by atomic mass is 32.2. The van der Waals surface area contributed by atoms with Gasteiger partial charge in [-0.05, 0) is 12.1 Å². The molecule has 0 fully saturated rings. The van der Waals surface area contributed by atoms with Crippen molar-refractivity contribution in [3.05, 3.63) is 24.3 Å². The number of hydrogen-bond acceptors (Lipinski definition) is 3. The molecule has 1 unspecified atom stereocenters. The Hall–Kier alpha value is -0.920. The van der Waals surface area contributed by atoms with Crippen molar-refractivity contribution in [2.24, 2.45) is 0 Å². The SMILES string of the molecule is CS(=O)(=O)c1ccccc1NS(=O)O. The van der Waals surface area contributed by atoms with Gasteiger partial charge in [0.2, 0.25) is 0 Å². The van der Waals surface area contributed by atoms with E-state index >= 15 is 0 Å². The van der Waals surface area contributed by atoms with Crippen molar-refractivity contribution in [1.29, 1.82) is 0 Å². The molecule has 1 rings (SSSR count). The molecule has 0 amide bonds. The molecule has 0 aliphatic heterocycles. The first kappa shape index (κ1) is 11.2. The Balaban J connectivity index is 3.23. The third-order valence-electron chi connectivity index (χ3n) is 1.48. The fraction of sp³-hybridized carbons (Fsp3) is 0.143. The predicted octanol–water partition coefficient (Wildman–Crippen LogP) is 0.639. The molecular formula is C7H9NO4S2. The monoisotopic (exact) mass is 235 g/mol. The predicted molar refractivity (Wildman–Crippen MR) is 53.9 cm³/mol. The third kappa shape index (κ3) is 2.79. The summed E-state index contributed by atoms with van der Waals surface area (Å²) in [5, 5.41) is 0. The highest BCUT2D eigenvalue weighted by Crippen LogP contribution is 2.20. The van der Waals surface area contributed by atoms with Crippen molar-refractivity contribution >= 4 is 26.8 Å². The summed E-state index contributed by atoms with van der Waals surface area (Å²) in [4.78, 5) is 0.00222. The van der Waals surface area contributed by atoms with Crippen LogP contribution >= 0.6 is 0 Å². The fourth-order valence-corrected chi connectivity index (χ4v) is 2.24. The molecule has 0 heterocycles. The molecular weight excluding hydrogens is 226 g/mol. The molecule has 0 saturated carbocycles. The summed E-state index contributed by atoms with van der Waals surface area (Å²) in [6.45, 7) is 0. The highest BCUT2D eigenvalue weighted by molar-refractivity contribution is 7.91. The second-order valence-corrected chi connectivity index (χ2v) is 5.31. The molecule has 0 aromatic heterocycles. The van der Waals surface area contributed by atoms with E-state index in [4.69, 9.17) is 4.55 Å². The van der Waals surface area contributed by atoms with Crippen LogP contribution in [0.1, 0.15) is 0 Å². The fourth-order valence-electron chi connectivity index (χ4n) is 0.968. The van der Waals surface area contributed by atoms with Crippen LogP contribution in [0.15, 0.2) is 29.2 Å². The lowest BCUT2D eigenvalue weighted by Gasteiger charge is -2.06. The summed E-state index contributed by atoms with van der Waals surface area (Å²) >= 11 is -2.28. The molecule has 78 valence electrons. The lowest BCUT2D eigenvalue weighted by Crippen LogP contribution is -2.07. The first-order valence-electron chi connectivity index (χ1n) is 3.58. The Morgan fingerprint density at radius 1 is 1.36 bits per heavy atom. The Morgan fingerprint density at radius 3 is 2.43 bits per heavy atom. The van der Waals surface area contributed by atoms with Gasteiger partial charge in [-0.15, -0.1) is 0 Å². The van der Waals surface area contributed by atoms with Crippen LogP contribution in [0.25, 0.3) is 0 Å². The maximum atomic E-state index is 11.2. The average molecular weight is 235 g/mol. The Bertz CT molecular complexity index is 455. The summed E-state index contributed by atoms with van der Waals surface area (Å²) in [7, 11) is -3.39. The van der Waals surface area contributed by atoms with Gasteiger partial charge in [0, 0.05) is 6.26 Å². The molecule has 0 aliphatic carbocycles. The minimum absolute atomic E-state index is 0.00222. The van der Waals surface area contributed by atoms with Crippen LogP contribution in [0.3, 0.4) is 0 Å². The molecule has 7 heteroatoms. The number of anilines is 1. The highest BCUT2D eigenvalue weighted by Gasteiger charge is 2.12. The van der Waals surface area contributed by atoms with Gasteiger partial charge >= 0.3 is 0 Å². The molecule has 2 N–H and O–H groups in total. The summed E-state index contributed by atoms with van der Waals surface area (Å²) in [5.41, 5.74) is 0.121. The van der Waals surface area contributed by atoms with Crippen molar-refractivity contribution in [1.82, 2.24) is 0 Å². The van der Waals surface area contributed by atoms with Crippen molar-refractivity contribution in [3.63, 3.8) is 0 Å². The molecule has 1 aromatic rings. The Morgan fingerprint density at radius 2 is 1.93 bits per heavy atom. The molecule has 5 nitrogen and oxygen atoms in total. The van der Waals surface area contributed by atoms with Gasteiger partial charge in [0.1, 0.15) is 0 Å². The van der Waals surface area contributed by atoms with Crippen molar-refractivity contribution in [3.8, 4) is 0 Å². The Labute approximate surface area is 84.5 Å². The van der Waals surface area contributed by atoms with Crippen molar-refractivity contribution in [2.45, 2.75) is 4.90 Å². The average Bonchev–Trinajstić information content (AvgIpc) is 2.01. The van der Waals surface area contributed by atoms with E-state index in [1.165, 1.54) is 12.1 Å². The van der Waals surface area contributed by atoms with E-state index in [2.05, 4.69) is 4.72 Å². The van der Waals surface area contributed by atoms with Gasteiger partial charge in [0.05, 0.1) is 10.6 Å². The number of hydrogen-bond donors (Lipinski definition) is 2. The van der Waals surface area contributed by atoms with E-state index in [9.17, 15) is 12.6 Å². The van der Waals surface area contributed by atoms with Gasteiger partial charge in [-0.25, -0.2) is 12.6 Å². The van der Waals surface area contributed by atoms with Crippen LogP contribution in [0, 0.1) is 0 Å². The number of benzene rings is 1. The van der Waals surface area contributed by atoms with Crippen LogP contribution in [-0.4, -0.2) is 23.4 Å². The van der Waals surface area contributed by atoms with E-state index in [1.807, 2.05) is 0 Å². The zero-order chi connectivity index (χ0) is 10.8. The van der Waals surface area contributed by atoms with Crippen molar-refractivity contribution in [2.75, 3.05) is 11.0 Å². The minimum Gasteiger partial charge on any atom is -0.289 e. The van der Waals surface area contributed by atoms with Crippen molar-refractivity contribution < 1.29 is 17.2 Å². The van der Waals surface area contributed by atoms with E-state index in [0.717, 1.165) is 6.26 Å². The van der Waals surface area contributed by atoms with Crippen LogP contribution in [0.5, 0.6) is 0 Å². The van der Waals surface area contributed by atoms with Crippen LogP contribution in [0.2, 0.25) is 0 Å². The van der Waals surface area contributed by atoms with Crippen LogP contribution in [0.4, 0.5) is 5.69 Å². The Kier molecular flexibility index (Phi) is 3.25. The molecule has 0 bridgehead atoms. The van der Waals surface area contributed by atoms with Crippen LogP contribution in [-0.2, 0) is 21.1 Å². The van der Waals surface area contributed by atoms with E-state index < -0.39 is 21.1 Å². The van der Waals surface area contributed by atoms with Gasteiger partial charge in [-0.2, -0.15) is 0 Å². The minimum atomic E-state index is -3.39. The maximum absolute atomic E-state index is 11.2. The van der Waals surface area contributed by atoms with Gasteiger partial charge in [0.15, 0.2) is 9.84 Å². The second kappa shape index (κ2) is 4.07. The quantitative estimate of drug-likeness (QED) is 0.753. The lowest BCUT2D eigenvalue weighted by molar-refractivity contribution is 0.570.